The van der Waals surface area contributed by atoms with Crippen LogP contribution in [-0.4, -0.2) is 14.5 Å². The van der Waals surface area contributed by atoms with Crippen molar-refractivity contribution in [3.05, 3.63) is 29.8 Å². The highest BCUT2D eigenvalue weighted by molar-refractivity contribution is 7.88. The van der Waals surface area contributed by atoms with Gasteiger partial charge in [0.2, 0.25) is 10.0 Å². The summed E-state index contributed by atoms with van der Waals surface area (Å²) in [5.74, 6) is 1.23. The first-order chi connectivity index (χ1) is 9.35. The lowest BCUT2D eigenvalue weighted by Crippen LogP contribution is -2.37. The second kappa shape index (κ2) is 6.14. The van der Waals surface area contributed by atoms with Crippen LogP contribution in [0.25, 0.3) is 0 Å². The third-order valence-corrected chi connectivity index (χ3v) is 4.94. The highest BCUT2D eigenvalue weighted by Gasteiger charge is 2.27. The Balaban J connectivity index is 2.03. The Morgan fingerprint density at radius 1 is 1.15 bits per heavy atom. The van der Waals surface area contributed by atoms with Crippen molar-refractivity contribution in [3.63, 3.8) is 0 Å². The minimum atomic E-state index is -3.46. The molecule has 0 heterocycles. The molecule has 0 saturated heterocycles. The van der Waals surface area contributed by atoms with Crippen molar-refractivity contribution in [2.75, 3.05) is 5.32 Å². The molecule has 5 heteroatoms. The molecule has 2 atom stereocenters. The van der Waals surface area contributed by atoms with Crippen molar-refractivity contribution < 1.29 is 8.42 Å². The molecule has 0 spiro atoms. The van der Waals surface area contributed by atoms with E-state index < -0.39 is 10.0 Å². The number of hydrogen-bond acceptors (Lipinski definition) is 3. The van der Waals surface area contributed by atoms with E-state index in [2.05, 4.69) is 19.2 Å². The van der Waals surface area contributed by atoms with E-state index in [9.17, 15) is 8.42 Å². The average Bonchev–Trinajstić information content (AvgIpc) is 2.34. The predicted octanol–water partition coefficient (Wildman–Crippen LogP) is 2.71. The average molecular weight is 296 g/mol. The van der Waals surface area contributed by atoms with Gasteiger partial charge in [-0.15, -0.1) is 0 Å². The molecule has 2 rings (SSSR count). The van der Waals surface area contributed by atoms with Crippen LogP contribution in [0, 0.1) is 11.8 Å². The summed E-state index contributed by atoms with van der Waals surface area (Å²) >= 11 is 0. The molecule has 0 aliphatic heterocycles. The van der Waals surface area contributed by atoms with Gasteiger partial charge in [-0.2, -0.15) is 0 Å². The predicted molar refractivity (Wildman–Crippen MR) is 82.8 cm³/mol. The molecule has 1 aromatic rings. The van der Waals surface area contributed by atoms with E-state index in [1.54, 1.807) is 0 Å². The summed E-state index contributed by atoms with van der Waals surface area (Å²) in [6.45, 7) is 4.59. The van der Waals surface area contributed by atoms with Gasteiger partial charge in [0.15, 0.2) is 0 Å². The Hall–Kier alpha value is -1.07. The second-order valence-electron chi connectivity index (χ2n) is 6.06. The number of hydrogen-bond donors (Lipinski definition) is 2. The van der Waals surface area contributed by atoms with Gasteiger partial charge < -0.3 is 5.32 Å². The van der Waals surface area contributed by atoms with Gasteiger partial charge in [0.25, 0.3) is 0 Å². The molecular weight excluding hydrogens is 272 g/mol. The highest BCUT2D eigenvalue weighted by Crippen LogP contribution is 2.31. The maximum absolute atomic E-state index is 11.1. The van der Waals surface area contributed by atoms with Crippen molar-refractivity contribution in [2.45, 2.75) is 44.9 Å². The maximum atomic E-state index is 11.1. The van der Waals surface area contributed by atoms with E-state index in [0.717, 1.165) is 11.3 Å². The van der Waals surface area contributed by atoms with E-state index in [1.165, 1.54) is 19.3 Å². The Morgan fingerprint density at radius 3 is 2.20 bits per heavy atom. The van der Waals surface area contributed by atoms with Gasteiger partial charge in [0, 0.05) is 11.7 Å². The summed E-state index contributed by atoms with van der Waals surface area (Å²) < 4.78 is 22.1. The van der Waals surface area contributed by atoms with Gasteiger partial charge in [-0.3, -0.25) is 0 Å². The smallest absolute Gasteiger partial charge is 0.213 e. The van der Waals surface area contributed by atoms with Crippen LogP contribution in [0.3, 0.4) is 0 Å². The number of nitrogens with one attached hydrogen (secondary N) is 1. The molecule has 3 N–H and O–H groups in total. The summed E-state index contributed by atoms with van der Waals surface area (Å²) in [4.78, 5) is 0. The van der Waals surface area contributed by atoms with Crippen LogP contribution in [0.1, 0.15) is 38.7 Å². The Morgan fingerprint density at radius 2 is 1.70 bits per heavy atom. The van der Waals surface area contributed by atoms with Gasteiger partial charge in [-0.05, 0) is 42.4 Å². The van der Waals surface area contributed by atoms with E-state index in [-0.39, 0.29) is 5.75 Å². The van der Waals surface area contributed by atoms with Crippen LogP contribution in [0.15, 0.2) is 24.3 Å². The number of nitrogens with two attached hydrogens (primary N) is 1. The summed E-state index contributed by atoms with van der Waals surface area (Å²) in [6.07, 6.45) is 3.85. The molecule has 1 aromatic carbocycles. The molecule has 0 bridgehead atoms. The number of primary sulfonamides is 1. The van der Waals surface area contributed by atoms with Gasteiger partial charge >= 0.3 is 0 Å². The largest absolute Gasteiger partial charge is 0.382 e. The Labute approximate surface area is 121 Å². The zero-order chi connectivity index (χ0) is 14.8. The molecule has 1 saturated carbocycles. The van der Waals surface area contributed by atoms with Gasteiger partial charge in [-0.1, -0.05) is 32.4 Å². The van der Waals surface area contributed by atoms with Crippen molar-refractivity contribution in [3.8, 4) is 0 Å². The molecule has 1 aliphatic carbocycles. The third kappa shape index (κ3) is 4.21. The third-order valence-electron chi connectivity index (χ3n) is 4.20. The molecule has 1 fully saturated rings. The minimum Gasteiger partial charge on any atom is -0.382 e. The number of rotatable bonds is 4. The quantitative estimate of drug-likeness (QED) is 0.897. The topological polar surface area (TPSA) is 72.2 Å². The fourth-order valence-electron chi connectivity index (χ4n) is 3.09. The highest BCUT2D eigenvalue weighted by atomic mass is 32.2. The fraction of sp³-hybridized carbons (Fsp3) is 0.600. The Kier molecular flexibility index (Phi) is 4.70. The van der Waals surface area contributed by atoms with E-state index >= 15 is 0 Å². The van der Waals surface area contributed by atoms with Gasteiger partial charge in [0.05, 0.1) is 5.75 Å². The maximum Gasteiger partial charge on any atom is 0.213 e. The van der Waals surface area contributed by atoms with Crippen molar-refractivity contribution >= 4 is 15.7 Å². The van der Waals surface area contributed by atoms with Crippen LogP contribution in [-0.2, 0) is 15.8 Å². The first-order valence-electron chi connectivity index (χ1n) is 7.21. The second-order valence-corrected chi connectivity index (χ2v) is 7.67. The molecule has 0 amide bonds. The SMILES string of the molecule is CC1CCCC(C)C1Nc1ccc(CS(N)(=O)=O)cc1. The minimum absolute atomic E-state index is 0.108. The summed E-state index contributed by atoms with van der Waals surface area (Å²) in [7, 11) is -3.46. The van der Waals surface area contributed by atoms with Gasteiger partial charge in [-0.25, -0.2) is 13.6 Å². The summed E-state index contributed by atoms with van der Waals surface area (Å²) in [5, 5.41) is 8.64. The van der Waals surface area contributed by atoms with Crippen LogP contribution < -0.4 is 10.5 Å². The van der Waals surface area contributed by atoms with Crippen molar-refractivity contribution in [1.29, 1.82) is 0 Å². The molecule has 4 nitrogen and oxygen atoms in total. The molecule has 0 radical (unpaired) electrons. The van der Waals surface area contributed by atoms with Crippen LogP contribution in [0.2, 0.25) is 0 Å². The molecule has 0 aromatic heterocycles. The first-order valence-corrected chi connectivity index (χ1v) is 8.92. The van der Waals surface area contributed by atoms with Crippen LogP contribution >= 0.6 is 0 Å². The summed E-state index contributed by atoms with van der Waals surface area (Å²) in [5.41, 5.74) is 1.77. The van der Waals surface area contributed by atoms with E-state index in [0.29, 0.717) is 17.9 Å². The molecule has 1 aliphatic rings. The molecule has 2 unspecified atom stereocenters. The lowest BCUT2D eigenvalue weighted by molar-refractivity contribution is 0.268. The monoisotopic (exact) mass is 296 g/mol. The lowest BCUT2D eigenvalue weighted by atomic mass is 9.78. The Bertz CT molecular complexity index is 529. The summed E-state index contributed by atoms with van der Waals surface area (Å²) in [6, 6.07) is 8.02. The zero-order valence-electron chi connectivity index (χ0n) is 12.2. The normalized spacial score (nSPS) is 27.2. The molecule has 20 heavy (non-hydrogen) atoms. The standard InChI is InChI=1S/C15H24N2O2S/c1-11-4-3-5-12(2)15(11)17-14-8-6-13(7-9-14)10-20(16,18)19/h6-9,11-12,15,17H,3-5,10H2,1-2H3,(H2,16,18,19). The number of benzene rings is 1. The molecular formula is C15H24N2O2S. The van der Waals surface area contributed by atoms with Crippen molar-refractivity contribution in [1.82, 2.24) is 0 Å². The van der Waals surface area contributed by atoms with Gasteiger partial charge in [0.1, 0.15) is 0 Å². The lowest BCUT2D eigenvalue weighted by Gasteiger charge is -2.36. The first kappa shape index (κ1) is 15.3. The zero-order valence-corrected chi connectivity index (χ0v) is 13.0. The molecule has 112 valence electrons. The van der Waals surface area contributed by atoms with Crippen LogP contribution in [0.4, 0.5) is 5.69 Å². The van der Waals surface area contributed by atoms with Crippen molar-refractivity contribution in [2.24, 2.45) is 17.0 Å². The van der Waals surface area contributed by atoms with Crippen LogP contribution in [0.5, 0.6) is 0 Å². The number of anilines is 1. The number of sulfonamides is 1. The van der Waals surface area contributed by atoms with E-state index in [1.807, 2.05) is 24.3 Å². The van der Waals surface area contributed by atoms with E-state index in [4.69, 9.17) is 5.14 Å². The fourth-order valence-corrected chi connectivity index (χ4v) is 3.75.